The highest BCUT2D eigenvalue weighted by Crippen LogP contribution is 2.27. The van der Waals surface area contributed by atoms with Crippen molar-refractivity contribution in [1.82, 2.24) is 9.88 Å². The Labute approximate surface area is 165 Å². The number of rotatable bonds is 5. The van der Waals surface area contributed by atoms with Gasteiger partial charge < -0.3 is 4.90 Å². The van der Waals surface area contributed by atoms with Crippen LogP contribution in [-0.4, -0.2) is 37.3 Å². The fourth-order valence-electron chi connectivity index (χ4n) is 3.00. The number of aromatic nitrogens is 1. The summed E-state index contributed by atoms with van der Waals surface area (Å²) in [6.45, 7) is 0.864. The molecule has 0 radical (unpaired) electrons. The van der Waals surface area contributed by atoms with Crippen LogP contribution in [0.5, 0.6) is 0 Å². The van der Waals surface area contributed by atoms with Gasteiger partial charge >= 0.3 is 0 Å². The van der Waals surface area contributed by atoms with Crippen LogP contribution >= 0.6 is 22.7 Å². The highest BCUT2D eigenvalue weighted by atomic mass is 32.2. The van der Waals surface area contributed by atoms with Crippen molar-refractivity contribution in [3.05, 3.63) is 63.8 Å². The van der Waals surface area contributed by atoms with E-state index >= 15 is 0 Å². The van der Waals surface area contributed by atoms with E-state index in [-0.39, 0.29) is 17.3 Å². The molecule has 0 spiro atoms. The Morgan fingerprint density at radius 1 is 1.15 bits per heavy atom. The third kappa shape index (κ3) is 3.62. The number of carbonyl (C=O) groups excluding carboxylic acids is 1. The standard InChI is InChI=1S/C18H17N3O3S3/c22-17(20-9-6-16-14(12-20)7-10-25-16)13-21(18-19-8-11-26-18)27(23,24)15-4-2-1-3-5-15/h1-5,7-8,10-11H,6,9,12-13H2. The number of fused-ring (bicyclic) bond motifs is 1. The van der Waals surface area contributed by atoms with Crippen LogP contribution in [-0.2, 0) is 27.8 Å². The Bertz CT molecular complexity index is 1030. The molecule has 2 aromatic heterocycles. The molecular weight excluding hydrogens is 402 g/mol. The topological polar surface area (TPSA) is 70.6 Å². The van der Waals surface area contributed by atoms with Crippen LogP contribution in [0.15, 0.2) is 58.3 Å². The van der Waals surface area contributed by atoms with Crippen molar-refractivity contribution < 1.29 is 13.2 Å². The van der Waals surface area contributed by atoms with Crippen LogP contribution in [0.3, 0.4) is 0 Å². The van der Waals surface area contributed by atoms with Crippen molar-refractivity contribution in [2.75, 3.05) is 17.4 Å². The molecule has 0 saturated carbocycles. The normalized spacial score (nSPS) is 14.0. The number of sulfonamides is 1. The van der Waals surface area contributed by atoms with Crippen LogP contribution in [0, 0.1) is 0 Å². The average Bonchev–Trinajstić information content (AvgIpc) is 3.37. The fraction of sp³-hybridized carbons (Fsp3) is 0.222. The second kappa shape index (κ2) is 7.41. The maximum atomic E-state index is 13.1. The number of thiazole rings is 1. The second-order valence-corrected chi connectivity index (χ2v) is 9.81. The van der Waals surface area contributed by atoms with Crippen LogP contribution in [0.25, 0.3) is 0 Å². The largest absolute Gasteiger partial charge is 0.336 e. The lowest BCUT2D eigenvalue weighted by atomic mass is 10.1. The lowest BCUT2D eigenvalue weighted by molar-refractivity contribution is -0.130. The van der Waals surface area contributed by atoms with Crippen LogP contribution in [0.2, 0.25) is 0 Å². The van der Waals surface area contributed by atoms with Crippen molar-refractivity contribution in [3.8, 4) is 0 Å². The molecule has 3 aromatic rings. The fourth-order valence-corrected chi connectivity index (χ4v) is 6.15. The van der Waals surface area contributed by atoms with Gasteiger partial charge in [-0.25, -0.2) is 17.7 Å². The molecule has 0 N–H and O–H groups in total. The molecule has 1 aliphatic heterocycles. The number of benzene rings is 1. The first kappa shape index (κ1) is 18.1. The molecule has 0 aliphatic carbocycles. The van der Waals surface area contributed by atoms with Gasteiger partial charge in [0, 0.05) is 29.5 Å². The maximum Gasteiger partial charge on any atom is 0.266 e. The molecule has 6 nitrogen and oxygen atoms in total. The van der Waals surface area contributed by atoms with E-state index in [2.05, 4.69) is 4.98 Å². The first-order chi connectivity index (χ1) is 13.1. The minimum atomic E-state index is -3.87. The summed E-state index contributed by atoms with van der Waals surface area (Å²) in [5.74, 6) is -0.221. The van der Waals surface area contributed by atoms with Gasteiger partial charge in [-0.1, -0.05) is 18.2 Å². The lowest BCUT2D eigenvalue weighted by Crippen LogP contribution is -2.44. The summed E-state index contributed by atoms with van der Waals surface area (Å²) in [5, 5.41) is 4.02. The third-order valence-electron chi connectivity index (χ3n) is 4.40. The second-order valence-electron chi connectivity index (χ2n) is 6.07. The van der Waals surface area contributed by atoms with Gasteiger partial charge in [-0.2, -0.15) is 0 Å². The monoisotopic (exact) mass is 419 g/mol. The molecule has 4 rings (SSSR count). The van der Waals surface area contributed by atoms with E-state index in [0.29, 0.717) is 18.2 Å². The summed E-state index contributed by atoms with van der Waals surface area (Å²) >= 11 is 2.90. The zero-order chi connectivity index (χ0) is 18.9. The number of amides is 1. The number of thiophene rings is 1. The number of carbonyl (C=O) groups is 1. The van der Waals surface area contributed by atoms with E-state index in [4.69, 9.17) is 0 Å². The zero-order valence-corrected chi connectivity index (χ0v) is 16.8. The summed E-state index contributed by atoms with van der Waals surface area (Å²) in [5.41, 5.74) is 1.14. The first-order valence-electron chi connectivity index (χ1n) is 8.36. The molecule has 27 heavy (non-hydrogen) atoms. The SMILES string of the molecule is O=C(CN(c1nccs1)S(=O)(=O)c1ccccc1)N1CCc2sccc2C1. The van der Waals surface area contributed by atoms with Crippen molar-refractivity contribution in [2.24, 2.45) is 0 Å². The van der Waals surface area contributed by atoms with Crippen LogP contribution in [0.1, 0.15) is 10.4 Å². The Morgan fingerprint density at radius 3 is 2.70 bits per heavy atom. The van der Waals surface area contributed by atoms with Gasteiger partial charge in [-0.15, -0.1) is 22.7 Å². The molecule has 3 heterocycles. The quantitative estimate of drug-likeness (QED) is 0.637. The van der Waals surface area contributed by atoms with Gasteiger partial charge in [0.1, 0.15) is 6.54 Å². The highest BCUT2D eigenvalue weighted by molar-refractivity contribution is 7.93. The zero-order valence-electron chi connectivity index (χ0n) is 14.3. The van der Waals surface area contributed by atoms with E-state index < -0.39 is 10.0 Å². The molecule has 1 aromatic carbocycles. The van der Waals surface area contributed by atoms with E-state index in [1.807, 2.05) is 11.4 Å². The lowest BCUT2D eigenvalue weighted by Gasteiger charge is -2.29. The summed E-state index contributed by atoms with van der Waals surface area (Å²) in [4.78, 5) is 20.2. The first-order valence-corrected chi connectivity index (χ1v) is 11.6. The molecule has 0 saturated heterocycles. The molecule has 0 fully saturated rings. The van der Waals surface area contributed by atoms with Crippen molar-refractivity contribution in [2.45, 2.75) is 17.9 Å². The molecule has 0 unspecified atom stereocenters. The molecule has 0 atom stereocenters. The smallest absolute Gasteiger partial charge is 0.266 e. The summed E-state index contributed by atoms with van der Waals surface area (Å²) in [6, 6.07) is 10.2. The Hall–Kier alpha value is -2.23. The number of anilines is 1. The summed E-state index contributed by atoms with van der Waals surface area (Å²) < 4.78 is 27.4. The minimum Gasteiger partial charge on any atom is -0.336 e. The molecule has 1 amide bonds. The van der Waals surface area contributed by atoms with Gasteiger partial charge in [-0.05, 0) is 35.6 Å². The van der Waals surface area contributed by atoms with E-state index in [1.165, 1.54) is 34.5 Å². The van der Waals surface area contributed by atoms with Gasteiger partial charge in [0.2, 0.25) is 5.91 Å². The predicted molar refractivity (Wildman–Crippen MR) is 107 cm³/mol. The van der Waals surface area contributed by atoms with Gasteiger partial charge in [-0.3, -0.25) is 4.79 Å². The van der Waals surface area contributed by atoms with E-state index in [1.54, 1.807) is 39.8 Å². The van der Waals surface area contributed by atoms with E-state index in [9.17, 15) is 13.2 Å². The van der Waals surface area contributed by atoms with Crippen molar-refractivity contribution >= 4 is 43.7 Å². The molecular formula is C18H17N3O3S3. The molecule has 140 valence electrons. The summed E-state index contributed by atoms with van der Waals surface area (Å²) in [6.07, 6.45) is 2.35. The van der Waals surface area contributed by atoms with Crippen molar-refractivity contribution in [1.29, 1.82) is 0 Å². The third-order valence-corrected chi connectivity index (χ3v) is 8.09. The van der Waals surface area contributed by atoms with Crippen LogP contribution < -0.4 is 4.31 Å². The van der Waals surface area contributed by atoms with Crippen LogP contribution in [0.4, 0.5) is 5.13 Å². The number of hydrogen-bond donors (Lipinski definition) is 0. The highest BCUT2D eigenvalue weighted by Gasteiger charge is 2.31. The molecule has 9 heteroatoms. The van der Waals surface area contributed by atoms with Gasteiger partial charge in [0.05, 0.1) is 4.90 Å². The minimum absolute atomic E-state index is 0.145. The maximum absolute atomic E-state index is 13.1. The Balaban J connectivity index is 1.60. The number of nitrogens with zero attached hydrogens (tertiary/aromatic N) is 3. The van der Waals surface area contributed by atoms with E-state index in [0.717, 1.165) is 16.3 Å². The average molecular weight is 420 g/mol. The van der Waals surface area contributed by atoms with Crippen molar-refractivity contribution in [3.63, 3.8) is 0 Å². The molecule has 0 bridgehead atoms. The van der Waals surface area contributed by atoms with Gasteiger partial charge in [0.15, 0.2) is 5.13 Å². The number of hydrogen-bond acceptors (Lipinski definition) is 6. The van der Waals surface area contributed by atoms with Gasteiger partial charge in [0.25, 0.3) is 10.0 Å². The predicted octanol–water partition coefficient (Wildman–Crippen LogP) is 2.98. The summed E-state index contributed by atoms with van der Waals surface area (Å²) in [7, 11) is -3.87. The Kier molecular flexibility index (Phi) is 4.98. The Morgan fingerprint density at radius 2 is 1.96 bits per heavy atom. The molecule has 1 aliphatic rings.